The Bertz CT molecular complexity index is 1400. The van der Waals surface area contributed by atoms with Crippen LogP contribution in [0.3, 0.4) is 0 Å². The van der Waals surface area contributed by atoms with Crippen molar-refractivity contribution in [2.45, 2.75) is 45.2 Å². The second-order valence-electron chi connectivity index (χ2n) is 9.67. The van der Waals surface area contributed by atoms with E-state index >= 15 is 0 Å². The van der Waals surface area contributed by atoms with Crippen molar-refractivity contribution in [3.63, 3.8) is 0 Å². The predicted octanol–water partition coefficient (Wildman–Crippen LogP) is 5.69. The Morgan fingerprint density at radius 2 is 1.54 bits per heavy atom. The van der Waals surface area contributed by atoms with Gasteiger partial charge in [0.2, 0.25) is 11.8 Å². The highest BCUT2D eigenvalue weighted by molar-refractivity contribution is 7.92. The summed E-state index contributed by atoms with van der Waals surface area (Å²) in [5.41, 5.74) is 1.54. The van der Waals surface area contributed by atoms with Gasteiger partial charge in [-0.15, -0.1) is 0 Å². The number of hydrogen-bond acceptors (Lipinski definition) is 4. The molecule has 0 fully saturated rings. The summed E-state index contributed by atoms with van der Waals surface area (Å²) in [6.07, 6.45) is 0. The van der Waals surface area contributed by atoms with Crippen molar-refractivity contribution in [3.05, 3.63) is 94.0 Å². The summed E-state index contributed by atoms with van der Waals surface area (Å²) in [5.74, 6) is -0.655. The van der Waals surface area contributed by atoms with Crippen LogP contribution < -0.4 is 9.62 Å². The Labute approximate surface area is 240 Å². The summed E-state index contributed by atoms with van der Waals surface area (Å²) >= 11 is 12.4. The van der Waals surface area contributed by atoms with Gasteiger partial charge in [0.15, 0.2) is 0 Å². The van der Waals surface area contributed by atoms with Gasteiger partial charge in [-0.2, -0.15) is 0 Å². The Hall–Kier alpha value is -3.07. The first-order chi connectivity index (χ1) is 18.4. The molecule has 0 bridgehead atoms. The highest BCUT2D eigenvalue weighted by atomic mass is 35.5. The maximum atomic E-state index is 13.9. The van der Waals surface area contributed by atoms with E-state index in [1.807, 2.05) is 13.8 Å². The zero-order valence-electron chi connectivity index (χ0n) is 22.4. The molecule has 0 aromatic heterocycles. The lowest BCUT2D eigenvalue weighted by Gasteiger charge is -2.32. The first kappa shape index (κ1) is 30.5. The lowest BCUT2D eigenvalue weighted by molar-refractivity contribution is -0.139. The number of rotatable bonds is 11. The third-order valence-electron chi connectivity index (χ3n) is 6.24. The minimum atomic E-state index is -4.16. The van der Waals surface area contributed by atoms with Gasteiger partial charge in [-0.1, -0.05) is 73.4 Å². The van der Waals surface area contributed by atoms with E-state index in [2.05, 4.69) is 5.32 Å². The Morgan fingerprint density at radius 3 is 2.15 bits per heavy atom. The van der Waals surface area contributed by atoms with Crippen LogP contribution in [0.15, 0.2) is 77.7 Å². The van der Waals surface area contributed by atoms with Crippen LogP contribution in [0.2, 0.25) is 10.0 Å². The second-order valence-corrected chi connectivity index (χ2v) is 12.4. The second kappa shape index (κ2) is 13.3. The topological polar surface area (TPSA) is 86.8 Å². The standard InChI is InChI=1S/C29H33Cl2N3O4S/c1-20(2)17-32-29(36)22(4)33(18-23-13-15-24(30)16-14-23)28(35)19-34(27-12-8-11-26(31)21(27)3)39(37,38)25-9-6-5-7-10-25/h5-16,20,22H,17-19H2,1-4H3,(H,32,36). The molecule has 0 radical (unpaired) electrons. The Kier molecular flexibility index (Phi) is 10.4. The van der Waals surface area contributed by atoms with E-state index in [0.29, 0.717) is 22.2 Å². The summed E-state index contributed by atoms with van der Waals surface area (Å²) in [7, 11) is -4.16. The van der Waals surface area contributed by atoms with Gasteiger partial charge in [0.1, 0.15) is 12.6 Å². The number of hydrogen-bond donors (Lipinski definition) is 1. The molecule has 10 heteroatoms. The smallest absolute Gasteiger partial charge is 0.264 e. The fourth-order valence-electron chi connectivity index (χ4n) is 3.92. The minimum absolute atomic E-state index is 0.0316. The average Bonchev–Trinajstić information content (AvgIpc) is 2.91. The van der Waals surface area contributed by atoms with Crippen LogP contribution in [0.1, 0.15) is 31.9 Å². The van der Waals surface area contributed by atoms with Gasteiger partial charge in [-0.3, -0.25) is 13.9 Å². The molecular weight excluding hydrogens is 557 g/mol. The molecule has 0 aliphatic heterocycles. The van der Waals surface area contributed by atoms with Gasteiger partial charge in [0.25, 0.3) is 10.0 Å². The third-order valence-corrected chi connectivity index (χ3v) is 8.67. The number of carbonyl (C=O) groups is 2. The Morgan fingerprint density at radius 1 is 0.897 bits per heavy atom. The lowest BCUT2D eigenvalue weighted by Crippen LogP contribution is -2.51. The highest BCUT2D eigenvalue weighted by Gasteiger charge is 2.33. The SMILES string of the molecule is Cc1c(Cl)cccc1N(CC(=O)N(Cc1ccc(Cl)cc1)C(C)C(=O)NCC(C)C)S(=O)(=O)c1ccccc1. The summed E-state index contributed by atoms with van der Waals surface area (Å²) < 4.78 is 28.8. The molecule has 7 nitrogen and oxygen atoms in total. The largest absolute Gasteiger partial charge is 0.354 e. The van der Waals surface area contributed by atoms with Gasteiger partial charge in [0, 0.05) is 23.1 Å². The monoisotopic (exact) mass is 589 g/mol. The van der Waals surface area contributed by atoms with E-state index < -0.39 is 28.5 Å². The normalized spacial score (nSPS) is 12.2. The number of amides is 2. The van der Waals surface area contributed by atoms with E-state index in [0.717, 1.165) is 9.87 Å². The van der Waals surface area contributed by atoms with Gasteiger partial charge >= 0.3 is 0 Å². The van der Waals surface area contributed by atoms with Gasteiger partial charge in [-0.05, 0) is 67.3 Å². The molecule has 0 aliphatic rings. The van der Waals surface area contributed by atoms with E-state index in [-0.39, 0.29) is 29.0 Å². The van der Waals surface area contributed by atoms with Gasteiger partial charge in [0.05, 0.1) is 10.6 Å². The minimum Gasteiger partial charge on any atom is -0.354 e. The maximum Gasteiger partial charge on any atom is 0.264 e. The van der Waals surface area contributed by atoms with Crippen LogP contribution in [-0.2, 0) is 26.2 Å². The van der Waals surface area contributed by atoms with Crippen LogP contribution in [-0.4, -0.2) is 44.3 Å². The molecule has 1 atom stereocenters. The number of benzene rings is 3. The molecule has 0 aliphatic carbocycles. The summed E-state index contributed by atoms with van der Waals surface area (Å²) in [6.45, 7) is 7.27. The molecule has 39 heavy (non-hydrogen) atoms. The molecule has 208 valence electrons. The molecule has 0 spiro atoms. The molecule has 0 saturated heterocycles. The van der Waals surface area contributed by atoms with Crippen molar-refractivity contribution in [1.82, 2.24) is 10.2 Å². The molecule has 1 N–H and O–H groups in total. The summed E-state index contributed by atoms with van der Waals surface area (Å²) in [5, 5.41) is 3.77. The number of halogens is 2. The summed E-state index contributed by atoms with van der Waals surface area (Å²) in [6, 6.07) is 18.9. The fourth-order valence-corrected chi connectivity index (χ4v) is 5.71. The molecule has 2 amide bonds. The fraction of sp³-hybridized carbons (Fsp3) is 0.310. The van der Waals surface area contributed by atoms with Gasteiger partial charge < -0.3 is 10.2 Å². The van der Waals surface area contributed by atoms with E-state index in [1.54, 1.807) is 74.5 Å². The van der Waals surface area contributed by atoms with Crippen molar-refractivity contribution in [2.24, 2.45) is 5.92 Å². The lowest BCUT2D eigenvalue weighted by atomic mass is 10.1. The van der Waals surface area contributed by atoms with Crippen molar-refractivity contribution < 1.29 is 18.0 Å². The van der Waals surface area contributed by atoms with Crippen LogP contribution in [0.4, 0.5) is 5.69 Å². The van der Waals surface area contributed by atoms with Crippen LogP contribution in [0, 0.1) is 12.8 Å². The van der Waals surface area contributed by atoms with Crippen molar-refractivity contribution in [1.29, 1.82) is 0 Å². The molecule has 3 aromatic carbocycles. The van der Waals surface area contributed by atoms with Crippen molar-refractivity contribution in [2.75, 3.05) is 17.4 Å². The van der Waals surface area contributed by atoms with Crippen LogP contribution in [0.5, 0.6) is 0 Å². The first-order valence-electron chi connectivity index (χ1n) is 12.6. The number of nitrogens with one attached hydrogen (secondary N) is 1. The number of anilines is 1. The number of sulfonamides is 1. The van der Waals surface area contributed by atoms with E-state index in [4.69, 9.17) is 23.2 Å². The Balaban J connectivity index is 2.04. The zero-order chi connectivity index (χ0) is 28.7. The third kappa shape index (κ3) is 7.75. The maximum absolute atomic E-state index is 13.9. The zero-order valence-corrected chi connectivity index (χ0v) is 24.7. The molecule has 0 saturated carbocycles. The quantitative estimate of drug-likeness (QED) is 0.311. The molecular formula is C29H33Cl2N3O4S. The van der Waals surface area contributed by atoms with Gasteiger partial charge in [-0.25, -0.2) is 8.42 Å². The average molecular weight is 591 g/mol. The van der Waals surface area contributed by atoms with Crippen LogP contribution >= 0.6 is 23.2 Å². The van der Waals surface area contributed by atoms with Crippen molar-refractivity contribution in [3.8, 4) is 0 Å². The first-order valence-corrected chi connectivity index (χ1v) is 14.8. The number of carbonyl (C=O) groups excluding carboxylic acids is 2. The molecule has 3 aromatic rings. The number of nitrogens with zero attached hydrogens (tertiary/aromatic N) is 2. The van der Waals surface area contributed by atoms with Crippen LogP contribution in [0.25, 0.3) is 0 Å². The highest BCUT2D eigenvalue weighted by Crippen LogP contribution is 2.31. The summed E-state index contributed by atoms with van der Waals surface area (Å²) in [4.78, 5) is 28.4. The van der Waals surface area contributed by atoms with E-state index in [9.17, 15) is 18.0 Å². The van der Waals surface area contributed by atoms with E-state index in [1.165, 1.54) is 17.0 Å². The van der Waals surface area contributed by atoms with Crippen molar-refractivity contribution >= 4 is 50.7 Å². The molecule has 0 heterocycles. The predicted molar refractivity (Wildman–Crippen MR) is 156 cm³/mol. The molecule has 3 rings (SSSR count). The molecule has 1 unspecified atom stereocenters.